The molecule has 2 rings (SSSR count). The maximum atomic E-state index is 10.9. The van der Waals surface area contributed by atoms with E-state index in [1.807, 2.05) is 0 Å². The third-order valence-corrected chi connectivity index (χ3v) is 5.08. The Kier molecular flexibility index (Phi) is 5.06. The van der Waals surface area contributed by atoms with Gasteiger partial charge in [-0.3, -0.25) is 4.79 Å². The van der Waals surface area contributed by atoms with Gasteiger partial charge in [-0.2, -0.15) is 0 Å². The quantitative estimate of drug-likeness (QED) is 0.254. The van der Waals surface area contributed by atoms with E-state index in [1.54, 1.807) is 0 Å². The molecule has 1 heterocycles. The molecule has 2 nitrogen and oxygen atoms in total. The SMILES string of the molecule is O=Cc1cc(-c2c(Cl)c(Cl)c(Cl)c(Cl)c2Cl)cnc1Cl. The Morgan fingerprint density at radius 2 is 1.35 bits per heavy atom. The van der Waals surface area contributed by atoms with Crippen LogP contribution in [-0.4, -0.2) is 11.3 Å². The van der Waals surface area contributed by atoms with Gasteiger partial charge in [-0.05, 0) is 6.07 Å². The Morgan fingerprint density at radius 3 is 1.85 bits per heavy atom. The number of carbonyl (C=O) groups is 1. The third kappa shape index (κ3) is 2.74. The van der Waals surface area contributed by atoms with Crippen molar-refractivity contribution in [3.8, 4) is 11.1 Å². The number of pyridine rings is 1. The summed E-state index contributed by atoms with van der Waals surface area (Å²) in [5.41, 5.74) is 0.977. The number of halogens is 6. The molecule has 0 unspecified atom stereocenters. The van der Waals surface area contributed by atoms with Gasteiger partial charge < -0.3 is 0 Å². The van der Waals surface area contributed by atoms with Gasteiger partial charge in [0.1, 0.15) is 5.15 Å². The fourth-order valence-electron chi connectivity index (χ4n) is 1.54. The molecule has 20 heavy (non-hydrogen) atoms. The van der Waals surface area contributed by atoms with Gasteiger partial charge in [-0.25, -0.2) is 4.98 Å². The normalized spacial score (nSPS) is 10.7. The Balaban J connectivity index is 2.79. The van der Waals surface area contributed by atoms with E-state index in [4.69, 9.17) is 69.6 Å². The zero-order valence-electron chi connectivity index (χ0n) is 9.36. The average molecular weight is 390 g/mol. The predicted molar refractivity (Wildman–Crippen MR) is 85.1 cm³/mol. The van der Waals surface area contributed by atoms with Gasteiger partial charge in [-0.15, -0.1) is 0 Å². The standard InChI is InChI=1S/C12H3Cl6NO/c13-7-6(8(14)10(16)11(17)9(7)15)4-1-5(3-20)12(18)19-2-4/h1-3H. The minimum atomic E-state index is 0.0598. The zero-order chi connectivity index (χ0) is 15.0. The lowest BCUT2D eigenvalue weighted by molar-refractivity contribution is 0.112. The highest BCUT2D eigenvalue weighted by atomic mass is 35.5. The summed E-state index contributed by atoms with van der Waals surface area (Å²) in [7, 11) is 0. The minimum absolute atomic E-state index is 0.0598. The van der Waals surface area contributed by atoms with Crippen LogP contribution in [0.4, 0.5) is 0 Å². The van der Waals surface area contributed by atoms with E-state index in [0.717, 1.165) is 0 Å². The first kappa shape index (κ1) is 16.2. The fraction of sp³-hybridized carbons (Fsp3) is 0. The van der Waals surface area contributed by atoms with Gasteiger partial charge in [0.25, 0.3) is 0 Å². The summed E-state index contributed by atoms with van der Waals surface area (Å²) in [6.07, 6.45) is 1.97. The van der Waals surface area contributed by atoms with Crippen molar-refractivity contribution in [2.75, 3.05) is 0 Å². The van der Waals surface area contributed by atoms with Crippen LogP contribution in [0.15, 0.2) is 12.3 Å². The first-order valence-corrected chi connectivity index (χ1v) is 7.27. The Bertz CT molecular complexity index is 687. The number of rotatable bonds is 2. The molecule has 0 spiro atoms. The second kappa shape index (κ2) is 6.27. The highest BCUT2D eigenvalue weighted by molar-refractivity contribution is 6.56. The van der Waals surface area contributed by atoms with Gasteiger partial charge in [0, 0.05) is 17.3 Å². The molecular weight excluding hydrogens is 387 g/mol. The molecule has 0 amide bonds. The van der Waals surface area contributed by atoms with Crippen molar-refractivity contribution in [2.24, 2.45) is 0 Å². The minimum Gasteiger partial charge on any atom is -0.298 e. The van der Waals surface area contributed by atoms with Gasteiger partial charge >= 0.3 is 0 Å². The van der Waals surface area contributed by atoms with E-state index in [9.17, 15) is 4.79 Å². The summed E-state index contributed by atoms with van der Waals surface area (Å²) in [5.74, 6) is 0. The maximum absolute atomic E-state index is 10.9. The first-order valence-electron chi connectivity index (χ1n) is 5.01. The highest BCUT2D eigenvalue weighted by Crippen LogP contribution is 2.48. The molecule has 2 aromatic rings. The summed E-state index contributed by atoms with van der Waals surface area (Å²) in [4.78, 5) is 14.8. The van der Waals surface area contributed by atoms with Crippen LogP contribution in [0.25, 0.3) is 11.1 Å². The molecule has 0 atom stereocenters. The van der Waals surface area contributed by atoms with Crippen LogP contribution >= 0.6 is 69.6 Å². The summed E-state index contributed by atoms with van der Waals surface area (Å²) < 4.78 is 0. The molecule has 1 aromatic carbocycles. The van der Waals surface area contributed by atoms with Crippen molar-refractivity contribution in [3.63, 3.8) is 0 Å². The summed E-state index contributed by atoms with van der Waals surface area (Å²) in [6.45, 7) is 0. The van der Waals surface area contributed by atoms with Crippen LogP contribution in [0.1, 0.15) is 10.4 Å². The Labute approximate surface area is 144 Å². The Hall–Kier alpha value is -0.220. The van der Waals surface area contributed by atoms with Gasteiger partial charge in [0.15, 0.2) is 6.29 Å². The van der Waals surface area contributed by atoms with E-state index in [0.29, 0.717) is 17.4 Å². The van der Waals surface area contributed by atoms with Crippen molar-refractivity contribution in [1.29, 1.82) is 0 Å². The highest BCUT2D eigenvalue weighted by Gasteiger charge is 2.21. The Morgan fingerprint density at radius 1 is 0.850 bits per heavy atom. The van der Waals surface area contributed by atoms with E-state index >= 15 is 0 Å². The number of hydrogen-bond donors (Lipinski definition) is 0. The molecule has 1 aromatic heterocycles. The smallest absolute Gasteiger partial charge is 0.153 e. The van der Waals surface area contributed by atoms with Crippen LogP contribution in [0.3, 0.4) is 0 Å². The molecule has 0 bridgehead atoms. The zero-order valence-corrected chi connectivity index (χ0v) is 13.9. The number of carbonyl (C=O) groups excluding carboxylic acids is 1. The predicted octanol–water partition coefficient (Wildman–Crippen LogP) is 6.48. The average Bonchev–Trinajstić information content (AvgIpc) is 2.45. The van der Waals surface area contributed by atoms with E-state index in [2.05, 4.69) is 4.98 Å². The first-order chi connectivity index (χ1) is 9.38. The van der Waals surface area contributed by atoms with Gasteiger partial charge in [0.05, 0.1) is 30.7 Å². The summed E-state index contributed by atoms with van der Waals surface area (Å²) in [5, 5.41) is 0.506. The molecule has 8 heteroatoms. The van der Waals surface area contributed by atoms with Crippen LogP contribution in [0.2, 0.25) is 30.3 Å². The van der Waals surface area contributed by atoms with Crippen LogP contribution in [0.5, 0.6) is 0 Å². The van der Waals surface area contributed by atoms with E-state index in [1.165, 1.54) is 12.3 Å². The molecule has 0 aliphatic heterocycles. The number of nitrogens with zero attached hydrogens (tertiary/aromatic N) is 1. The third-order valence-electron chi connectivity index (χ3n) is 2.49. The second-order valence-corrected chi connectivity index (χ2v) is 5.91. The van der Waals surface area contributed by atoms with Crippen LogP contribution < -0.4 is 0 Å². The fourth-order valence-corrected chi connectivity index (χ4v) is 3.05. The van der Waals surface area contributed by atoms with Crippen LogP contribution in [0, 0.1) is 0 Å². The molecular formula is C12H3Cl6NO. The number of aldehydes is 1. The molecule has 104 valence electrons. The number of aromatic nitrogens is 1. The molecule has 0 aliphatic rings. The lowest BCUT2D eigenvalue weighted by atomic mass is 10.1. The van der Waals surface area contributed by atoms with Crippen LogP contribution in [-0.2, 0) is 0 Å². The van der Waals surface area contributed by atoms with Crippen molar-refractivity contribution < 1.29 is 4.79 Å². The molecule has 0 radical (unpaired) electrons. The summed E-state index contributed by atoms with van der Waals surface area (Å²) in [6, 6.07) is 1.48. The van der Waals surface area contributed by atoms with Crippen molar-refractivity contribution in [3.05, 3.63) is 48.1 Å². The van der Waals surface area contributed by atoms with Crippen molar-refractivity contribution >= 4 is 75.9 Å². The lowest BCUT2D eigenvalue weighted by Crippen LogP contribution is -1.91. The topological polar surface area (TPSA) is 30.0 Å². The maximum Gasteiger partial charge on any atom is 0.153 e. The van der Waals surface area contributed by atoms with E-state index < -0.39 is 0 Å². The lowest BCUT2D eigenvalue weighted by Gasteiger charge is -2.12. The largest absolute Gasteiger partial charge is 0.298 e. The van der Waals surface area contributed by atoms with E-state index in [-0.39, 0.29) is 35.8 Å². The second-order valence-electron chi connectivity index (χ2n) is 3.67. The van der Waals surface area contributed by atoms with Gasteiger partial charge in [-0.1, -0.05) is 69.6 Å². The molecule has 0 aliphatic carbocycles. The number of benzene rings is 1. The molecule has 0 saturated carbocycles. The number of hydrogen-bond acceptors (Lipinski definition) is 2. The molecule has 0 fully saturated rings. The molecule has 0 N–H and O–H groups in total. The van der Waals surface area contributed by atoms with Gasteiger partial charge in [0.2, 0.25) is 0 Å². The molecule has 0 saturated heterocycles. The van der Waals surface area contributed by atoms with Crippen molar-refractivity contribution in [1.82, 2.24) is 4.98 Å². The summed E-state index contributed by atoms with van der Waals surface area (Å²) >= 11 is 35.9. The van der Waals surface area contributed by atoms with Crippen molar-refractivity contribution in [2.45, 2.75) is 0 Å². The monoisotopic (exact) mass is 387 g/mol.